The number of carbonyl (C=O) groups is 1. The molecule has 2 aromatic rings. The molecule has 0 amide bonds. The maximum Gasteiger partial charge on any atom is 0.419 e. The average Bonchev–Trinajstić information content (AvgIpc) is 2.78. The first kappa shape index (κ1) is 24.2. The van der Waals surface area contributed by atoms with Crippen molar-refractivity contribution in [1.82, 2.24) is 0 Å². The Morgan fingerprint density at radius 2 is 1.88 bits per heavy atom. The molecule has 1 fully saturated rings. The fourth-order valence-electron chi connectivity index (χ4n) is 3.90. The van der Waals surface area contributed by atoms with Crippen molar-refractivity contribution in [2.75, 3.05) is 13.2 Å². The van der Waals surface area contributed by atoms with Crippen molar-refractivity contribution in [3.63, 3.8) is 0 Å². The van der Waals surface area contributed by atoms with E-state index in [2.05, 4.69) is 0 Å². The van der Waals surface area contributed by atoms with Gasteiger partial charge in [-0.15, -0.1) is 0 Å². The zero-order valence-corrected chi connectivity index (χ0v) is 18.1. The lowest BCUT2D eigenvalue weighted by atomic mass is 9.92. The molecule has 1 aliphatic rings. The van der Waals surface area contributed by atoms with Crippen LogP contribution in [0.15, 0.2) is 36.4 Å². The van der Waals surface area contributed by atoms with Crippen LogP contribution in [0.3, 0.4) is 0 Å². The number of ether oxygens (including phenoxy) is 2. The lowest BCUT2D eigenvalue weighted by Crippen LogP contribution is -2.27. The highest BCUT2D eigenvalue weighted by Crippen LogP contribution is 2.39. The third kappa shape index (κ3) is 6.09. The van der Waals surface area contributed by atoms with E-state index in [1.807, 2.05) is 6.92 Å². The molecule has 1 heterocycles. The first-order valence-corrected chi connectivity index (χ1v) is 11.0. The molecule has 174 valence electrons. The molecule has 7 heteroatoms. The minimum atomic E-state index is -4.81. The number of halogens is 4. The first-order chi connectivity index (χ1) is 15.3. The number of hydrogen-bond donors (Lipinski definition) is 0. The van der Waals surface area contributed by atoms with Crippen molar-refractivity contribution in [2.45, 2.75) is 57.7 Å². The fourth-order valence-corrected chi connectivity index (χ4v) is 3.90. The maximum absolute atomic E-state index is 15.1. The van der Waals surface area contributed by atoms with Crippen LogP contribution < -0.4 is 4.74 Å². The van der Waals surface area contributed by atoms with Crippen LogP contribution in [0, 0.1) is 11.7 Å². The Labute approximate surface area is 185 Å². The number of carbonyl (C=O) groups excluding carboxylic acids is 1. The second-order valence-corrected chi connectivity index (χ2v) is 8.15. The minimum absolute atomic E-state index is 0.0483. The second kappa shape index (κ2) is 10.9. The smallest absolute Gasteiger partial charge is 0.419 e. The highest BCUT2D eigenvalue weighted by atomic mass is 19.4. The Hall–Kier alpha value is -2.41. The van der Waals surface area contributed by atoms with Crippen LogP contribution in [-0.4, -0.2) is 25.6 Å². The summed E-state index contributed by atoms with van der Waals surface area (Å²) < 4.78 is 67.6. The molecule has 2 atom stereocenters. The van der Waals surface area contributed by atoms with Crippen LogP contribution in [0.25, 0.3) is 11.1 Å². The number of alkyl halides is 3. The van der Waals surface area contributed by atoms with Gasteiger partial charge < -0.3 is 14.3 Å². The normalized spacial score (nSPS) is 19.0. The van der Waals surface area contributed by atoms with Gasteiger partial charge in [-0.2, -0.15) is 13.2 Å². The van der Waals surface area contributed by atoms with Crippen molar-refractivity contribution in [2.24, 2.45) is 5.92 Å². The topological polar surface area (TPSA) is 35.5 Å². The van der Waals surface area contributed by atoms with Gasteiger partial charge in [-0.05, 0) is 55.4 Å². The van der Waals surface area contributed by atoms with E-state index < -0.39 is 17.6 Å². The third-order valence-corrected chi connectivity index (χ3v) is 5.78. The van der Waals surface area contributed by atoms with E-state index in [4.69, 9.17) is 9.47 Å². The number of aryl methyl sites for hydroxylation is 1. The minimum Gasteiger partial charge on any atom is -0.494 e. The summed E-state index contributed by atoms with van der Waals surface area (Å²) in [7, 11) is 0. The first-order valence-electron chi connectivity index (χ1n) is 11.0. The van der Waals surface area contributed by atoms with Crippen molar-refractivity contribution >= 4 is 6.29 Å². The Morgan fingerprint density at radius 1 is 1.12 bits per heavy atom. The monoisotopic (exact) mass is 452 g/mol. The van der Waals surface area contributed by atoms with E-state index in [0.29, 0.717) is 37.2 Å². The van der Waals surface area contributed by atoms with Crippen LogP contribution in [0.2, 0.25) is 0 Å². The summed E-state index contributed by atoms with van der Waals surface area (Å²) in [4.78, 5) is 10.8. The summed E-state index contributed by atoms with van der Waals surface area (Å²) in [5, 5.41) is 0. The molecule has 0 aromatic heterocycles. The van der Waals surface area contributed by atoms with Gasteiger partial charge in [-0.25, -0.2) is 4.39 Å². The third-order valence-electron chi connectivity index (χ3n) is 5.78. The molecule has 2 unspecified atom stereocenters. The van der Waals surface area contributed by atoms with E-state index in [9.17, 15) is 18.0 Å². The van der Waals surface area contributed by atoms with Gasteiger partial charge in [0.05, 0.1) is 24.9 Å². The average molecular weight is 452 g/mol. The van der Waals surface area contributed by atoms with Crippen LogP contribution >= 0.6 is 0 Å². The number of hydrogen-bond acceptors (Lipinski definition) is 3. The SMILES string of the molecule is CCCCOc1ccc(-c2ccc(CCC3CCC(C=O)CO3)c(C(F)(F)F)c2F)cc1. The molecular formula is C25H28F4O3. The Kier molecular flexibility index (Phi) is 8.29. The summed E-state index contributed by atoms with van der Waals surface area (Å²) in [6, 6.07) is 9.16. The summed E-state index contributed by atoms with van der Waals surface area (Å²) in [5.41, 5.74) is -1.04. The zero-order chi connectivity index (χ0) is 23.1. The molecule has 3 rings (SSSR count). The maximum atomic E-state index is 15.1. The lowest BCUT2D eigenvalue weighted by molar-refractivity contribution is -0.140. The van der Waals surface area contributed by atoms with Crippen molar-refractivity contribution in [3.8, 4) is 16.9 Å². The number of benzene rings is 2. The number of unbranched alkanes of at least 4 members (excludes halogenated alkanes) is 1. The van der Waals surface area contributed by atoms with E-state index in [1.54, 1.807) is 24.3 Å². The van der Waals surface area contributed by atoms with Crippen LogP contribution in [0.4, 0.5) is 17.6 Å². The van der Waals surface area contributed by atoms with E-state index >= 15 is 4.39 Å². The van der Waals surface area contributed by atoms with Gasteiger partial charge >= 0.3 is 6.18 Å². The van der Waals surface area contributed by atoms with Gasteiger partial charge in [0, 0.05) is 11.5 Å². The number of rotatable bonds is 9. The van der Waals surface area contributed by atoms with Crippen molar-refractivity contribution in [3.05, 3.63) is 53.3 Å². The molecule has 0 N–H and O–H groups in total. The summed E-state index contributed by atoms with van der Waals surface area (Å²) >= 11 is 0. The fraction of sp³-hybridized carbons (Fsp3) is 0.480. The van der Waals surface area contributed by atoms with Crippen LogP contribution in [-0.2, 0) is 22.1 Å². The zero-order valence-electron chi connectivity index (χ0n) is 18.1. The quantitative estimate of drug-likeness (QED) is 0.244. The molecule has 0 radical (unpaired) electrons. The van der Waals surface area contributed by atoms with Crippen molar-refractivity contribution in [1.29, 1.82) is 0 Å². The summed E-state index contributed by atoms with van der Waals surface area (Å²) in [5.74, 6) is -0.822. The Bertz CT molecular complexity index is 885. The van der Waals surface area contributed by atoms with E-state index in [1.165, 1.54) is 12.1 Å². The van der Waals surface area contributed by atoms with E-state index in [0.717, 1.165) is 19.1 Å². The Balaban J connectivity index is 1.77. The van der Waals surface area contributed by atoms with Gasteiger partial charge in [0.15, 0.2) is 0 Å². The Morgan fingerprint density at radius 3 is 2.47 bits per heavy atom. The van der Waals surface area contributed by atoms with Crippen LogP contribution in [0.1, 0.15) is 50.2 Å². The molecule has 0 bridgehead atoms. The van der Waals surface area contributed by atoms with Gasteiger partial charge in [-0.1, -0.05) is 37.6 Å². The molecule has 0 spiro atoms. The highest BCUT2D eigenvalue weighted by molar-refractivity contribution is 5.67. The van der Waals surface area contributed by atoms with Gasteiger partial charge in [0.1, 0.15) is 17.9 Å². The van der Waals surface area contributed by atoms with Gasteiger partial charge in [-0.3, -0.25) is 0 Å². The van der Waals surface area contributed by atoms with Crippen LogP contribution in [0.5, 0.6) is 5.75 Å². The van der Waals surface area contributed by atoms with Crippen molar-refractivity contribution < 1.29 is 31.8 Å². The van der Waals surface area contributed by atoms with Gasteiger partial charge in [0.2, 0.25) is 0 Å². The van der Waals surface area contributed by atoms with Gasteiger partial charge in [0.25, 0.3) is 0 Å². The predicted octanol–water partition coefficient (Wildman–Crippen LogP) is 6.62. The number of aldehydes is 1. The molecule has 2 aromatic carbocycles. The summed E-state index contributed by atoms with van der Waals surface area (Å²) in [6.45, 7) is 2.88. The molecule has 1 aliphatic heterocycles. The largest absolute Gasteiger partial charge is 0.494 e. The van der Waals surface area contributed by atoms with E-state index in [-0.39, 0.29) is 36.2 Å². The second-order valence-electron chi connectivity index (χ2n) is 8.15. The predicted molar refractivity (Wildman–Crippen MR) is 114 cm³/mol. The highest BCUT2D eigenvalue weighted by Gasteiger charge is 2.38. The summed E-state index contributed by atoms with van der Waals surface area (Å²) in [6.07, 6.45) is -0.647. The molecule has 1 saturated heterocycles. The molecule has 0 aliphatic carbocycles. The molecular weight excluding hydrogens is 424 g/mol. The lowest BCUT2D eigenvalue weighted by Gasteiger charge is -2.26. The molecule has 3 nitrogen and oxygen atoms in total. The molecule has 0 saturated carbocycles. The standard InChI is InChI=1S/C25H28F4O3/c1-2-3-14-31-20-10-5-18(6-11-20)22-13-8-19(23(24(22)26)25(27,28)29)7-12-21-9-4-17(15-30)16-32-21/h5-6,8,10-11,13,15,17,21H,2-4,7,9,12,14,16H2,1H3. The molecule has 32 heavy (non-hydrogen) atoms.